The number of phenols is 1. The number of sulfone groups is 1. The minimum absolute atomic E-state index is 0.0324. The molecule has 2 unspecified atom stereocenters. The van der Waals surface area contributed by atoms with E-state index in [0.717, 1.165) is 44.2 Å². The van der Waals surface area contributed by atoms with Crippen molar-refractivity contribution in [1.82, 2.24) is 10.8 Å². The molecule has 14 heteroatoms. The van der Waals surface area contributed by atoms with Crippen molar-refractivity contribution >= 4 is 50.8 Å². The number of unbranched alkanes of at least 4 members (excludes halogenated alkanes) is 2. The maximum atomic E-state index is 14.4. The molecular formula is C37H47N3O9S2. The van der Waals surface area contributed by atoms with Gasteiger partial charge in [0.1, 0.15) is 11.8 Å². The van der Waals surface area contributed by atoms with Crippen molar-refractivity contribution in [3.8, 4) is 11.5 Å². The van der Waals surface area contributed by atoms with Crippen molar-refractivity contribution in [3.63, 3.8) is 0 Å². The summed E-state index contributed by atoms with van der Waals surface area (Å²) >= 11 is 1.32. The highest BCUT2D eigenvalue weighted by Crippen LogP contribution is 2.47. The van der Waals surface area contributed by atoms with E-state index in [0.29, 0.717) is 22.7 Å². The molecule has 276 valence electrons. The highest BCUT2D eigenvalue weighted by Gasteiger charge is 2.42. The molecule has 12 nitrogen and oxygen atoms in total. The van der Waals surface area contributed by atoms with Gasteiger partial charge in [-0.2, -0.15) is 5.48 Å². The smallest absolute Gasteiger partial charge is 0.328 e. The normalized spacial score (nSPS) is 15.9. The Morgan fingerprint density at radius 3 is 2.22 bits per heavy atom. The number of anilines is 2. The van der Waals surface area contributed by atoms with Crippen LogP contribution < -0.4 is 20.5 Å². The van der Waals surface area contributed by atoms with Crippen LogP contribution in [-0.4, -0.2) is 72.7 Å². The van der Waals surface area contributed by atoms with Gasteiger partial charge in [0.2, 0.25) is 5.91 Å². The van der Waals surface area contributed by atoms with Gasteiger partial charge in [0.05, 0.1) is 33.8 Å². The van der Waals surface area contributed by atoms with E-state index in [1.54, 1.807) is 6.07 Å². The standard InChI is InChI=1S/C37H47N3O9S2/c1-4-6-17-37(18-7-5-2)23-40(26-11-9-8-10-12-26)30-20-32(50-3)31(21-33(30)51(47,48)24-37)49-39-34(43)19-28(25-13-15-27(42)16-14-25)35(44)38-29(22-41)36(45)46/h8-16,20-21,28-29,41-42H,4-7,17-19,22-24H2,1-3H3,(H,38,44)(H,39,43)(H,45,46). The molecule has 3 aromatic carbocycles. The molecule has 3 aromatic rings. The van der Waals surface area contributed by atoms with Crippen molar-refractivity contribution in [1.29, 1.82) is 0 Å². The summed E-state index contributed by atoms with van der Waals surface area (Å²) in [7, 11) is -3.85. The van der Waals surface area contributed by atoms with Gasteiger partial charge in [-0.05, 0) is 55.0 Å². The first-order valence-electron chi connectivity index (χ1n) is 17.0. The van der Waals surface area contributed by atoms with E-state index < -0.39 is 58.0 Å². The van der Waals surface area contributed by atoms with Gasteiger partial charge in [0.25, 0.3) is 5.91 Å². The van der Waals surface area contributed by atoms with Gasteiger partial charge < -0.3 is 30.4 Å². The number of aliphatic carboxylic acids is 1. The Balaban J connectivity index is 1.68. The van der Waals surface area contributed by atoms with Crippen LogP contribution in [0.3, 0.4) is 0 Å². The summed E-state index contributed by atoms with van der Waals surface area (Å²) in [5.41, 5.74) is 3.55. The van der Waals surface area contributed by atoms with Gasteiger partial charge >= 0.3 is 5.97 Å². The number of carbonyl (C=O) groups excluding carboxylic acids is 2. The predicted molar refractivity (Wildman–Crippen MR) is 196 cm³/mol. The first kappa shape index (κ1) is 39.5. The molecule has 51 heavy (non-hydrogen) atoms. The fourth-order valence-corrected chi connectivity index (χ4v) is 9.06. The summed E-state index contributed by atoms with van der Waals surface area (Å²) in [6.07, 6.45) is 6.52. The second-order valence-corrected chi connectivity index (χ2v) is 15.7. The number of phenolic OH excluding ortho intramolecular Hbond substituents is 1. The zero-order chi connectivity index (χ0) is 37.2. The molecule has 5 N–H and O–H groups in total. The largest absolute Gasteiger partial charge is 0.508 e. The van der Waals surface area contributed by atoms with E-state index in [1.807, 2.05) is 36.6 Å². The molecule has 0 aromatic heterocycles. The van der Waals surface area contributed by atoms with Crippen molar-refractivity contribution in [2.75, 3.05) is 30.1 Å². The third-order valence-corrected chi connectivity index (χ3v) is 11.9. The highest BCUT2D eigenvalue weighted by atomic mass is 32.2. The van der Waals surface area contributed by atoms with Gasteiger partial charge in [0, 0.05) is 30.1 Å². The van der Waals surface area contributed by atoms with Crippen molar-refractivity contribution in [2.24, 2.45) is 5.41 Å². The van der Waals surface area contributed by atoms with Gasteiger partial charge in [-0.3, -0.25) is 9.59 Å². The van der Waals surface area contributed by atoms with E-state index in [-0.39, 0.29) is 22.1 Å². The number of hydrogen-bond donors (Lipinski definition) is 5. The molecule has 0 bridgehead atoms. The van der Waals surface area contributed by atoms with Crippen LogP contribution in [0.5, 0.6) is 11.5 Å². The Hall–Kier alpha value is -4.27. The molecule has 0 aliphatic carbocycles. The van der Waals surface area contributed by atoms with E-state index in [2.05, 4.69) is 29.5 Å². The molecule has 1 aliphatic heterocycles. The summed E-state index contributed by atoms with van der Waals surface area (Å²) in [5.74, 6) is -4.26. The zero-order valence-corrected chi connectivity index (χ0v) is 30.8. The maximum absolute atomic E-state index is 14.4. The number of rotatable bonds is 17. The molecule has 2 amide bonds. The number of hydroxylamine groups is 1. The Labute approximate surface area is 303 Å². The summed E-state index contributed by atoms with van der Waals surface area (Å²) in [6.45, 7) is 3.86. The number of benzene rings is 3. The summed E-state index contributed by atoms with van der Waals surface area (Å²) in [5, 5.41) is 30.7. The Morgan fingerprint density at radius 1 is 1.00 bits per heavy atom. The second kappa shape index (κ2) is 17.8. The van der Waals surface area contributed by atoms with Gasteiger partial charge in [-0.1, -0.05) is 69.9 Å². The van der Waals surface area contributed by atoms with Crippen LogP contribution in [0, 0.1) is 5.41 Å². The lowest BCUT2D eigenvalue weighted by molar-refractivity contribution is -0.143. The highest BCUT2D eigenvalue weighted by molar-refractivity contribution is 7.98. The minimum Gasteiger partial charge on any atom is -0.508 e. The summed E-state index contributed by atoms with van der Waals surface area (Å²) in [6, 6.07) is 16.8. The van der Waals surface area contributed by atoms with Crippen LogP contribution in [0.15, 0.2) is 76.5 Å². The van der Waals surface area contributed by atoms with Gasteiger partial charge in [-0.25, -0.2) is 13.2 Å². The number of para-hydroxylation sites is 1. The number of aliphatic hydroxyl groups is 1. The lowest BCUT2D eigenvalue weighted by Crippen LogP contribution is -2.46. The summed E-state index contributed by atoms with van der Waals surface area (Å²) in [4.78, 5) is 46.4. The predicted octanol–water partition coefficient (Wildman–Crippen LogP) is 5.55. The van der Waals surface area contributed by atoms with Crippen LogP contribution in [0.2, 0.25) is 0 Å². The number of hydrogen-bond acceptors (Lipinski definition) is 10. The van der Waals surface area contributed by atoms with E-state index >= 15 is 0 Å². The number of aliphatic hydroxyl groups excluding tert-OH is 1. The number of nitrogens with zero attached hydrogens (tertiary/aromatic N) is 1. The van der Waals surface area contributed by atoms with Crippen molar-refractivity contribution in [3.05, 3.63) is 72.3 Å². The number of carboxylic acids is 1. The Morgan fingerprint density at radius 2 is 1.65 bits per heavy atom. The lowest BCUT2D eigenvalue weighted by Gasteiger charge is -2.37. The molecule has 0 spiro atoms. The summed E-state index contributed by atoms with van der Waals surface area (Å²) < 4.78 is 28.7. The fourth-order valence-electron chi connectivity index (χ4n) is 6.41. The van der Waals surface area contributed by atoms with E-state index in [4.69, 9.17) is 4.84 Å². The SMILES string of the molecule is CCCCC1(CCCC)CN(c2ccccc2)c2cc(SC)c(ONC(=O)CC(C(=O)NC(CO)C(=O)O)c3ccc(O)cc3)cc2S(=O)(=O)C1. The Kier molecular flexibility index (Phi) is 13.8. The minimum atomic E-state index is -3.85. The number of thioether (sulfide) groups is 1. The zero-order valence-electron chi connectivity index (χ0n) is 29.1. The van der Waals surface area contributed by atoms with E-state index in [9.17, 15) is 38.1 Å². The molecule has 0 saturated heterocycles. The molecule has 4 rings (SSSR count). The van der Waals surface area contributed by atoms with Crippen molar-refractivity contribution < 1.29 is 43.0 Å². The van der Waals surface area contributed by atoms with Crippen LogP contribution in [0.4, 0.5) is 11.4 Å². The number of nitrogens with one attached hydrogen (secondary N) is 2. The molecule has 1 aliphatic rings. The number of carbonyl (C=O) groups is 3. The monoisotopic (exact) mass is 741 g/mol. The van der Waals surface area contributed by atoms with Crippen LogP contribution in [-0.2, 0) is 24.2 Å². The Bertz CT molecular complexity index is 1760. The molecule has 0 radical (unpaired) electrons. The third-order valence-electron chi connectivity index (χ3n) is 9.12. The molecule has 0 saturated carbocycles. The van der Waals surface area contributed by atoms with Crippen LogP contribution >= 0.6 is 11.8 Å². The second-order valence-electron chi connectivity index (χ2n) is 12.9. The van der Waals surface area contributed by atoms with Crippen LogP contribution in [0.1, 0.15) is 70.3 Å². The first-order valence-corrected chi connectivity index (χ1v) is 19.9. The molecule has 0 fully saturated rings. The number of amides is 2. The molecule has 1 heterocycles. The number of aromatic hydroxyl groups is 1. The van der Waals surface area contributed by atoms with E-state index in [1.165, 1.54) is 42.1 Å². The maximum Gasteiger partial charge on any atom is 0.328 e. The van der Waals surface area contributed by atoms with Crippen LogP contribution in [0.25, 0.3) is 0 Å². The van der Waals surface area contributed by atoms with Gasteiger partial charge in [-0.15, -0.1) is 11.8 Å². The average Bonchev–Trinajstić information content (AvgIpc) is 3.21. The number of carboxylic acid groups (broad SMARTS) is 1. The fraction of sp³-hybridized carbons (Fsp3) is 0.432. The van der Waals surface area contributed by atoms with Gasteiger partial charge in [0.15, 0.2) is 15.6 Å². The molecule has 2 atom stereocenters. The third kappa shape index (κ3) is 9.95. The topological polar surface area (TPSA) is 183 Å². The quantitative estimate of drug-likeness (QED) is 0.0864. The number of fused-ring (bicyclic) bond motifs is 1. The van der Waals surface area contributed by atoms with Crippen molar-refractivity contribution in [2.45, 2.75) is 80.5 Å². The first-order chi connectivity index (χ1) is 24.4. The lowest BCUT2D eigenvalue weighted by atomic mass is 9.79. The average molecular weight is 742 g/mol. The molecular weight excluding hydrogens is 695 g/mol.